The Balaban J connectivity index is 2.17. The molecule has 2 rings (SSSR count). The average molecular weight is 237 g/mol. The van der Waals surface area contributed by atoms with Crippen LogP contribution in [-0.2, 0) is 6.54 Å². The van der Waals surface area contributed by atoms with Gasteiger partial charge >= 0.3 is 0 Å². The number of carbonyl (C=O) groups excluding carboxylic acids is 1. The topological polar surface area (TPSA) is 85.8 Å². The highest BCUT2D eigenvalue weighted by molar-refractivity contribution is 7.13. The molecule has 0 aliphatic rings. The van der Waals surface area contributed by atoms with Gasteiger partial charge in [-0.25, -0.2) is 4.98 Å². The number of rotatable bonds is 3. The smallest absolute Gasteiger partial charge is 0.280 e. The number of thiazole rings is 1. The minimum atomic E-state index is -0.334. The molecule has 2 aromatic heterocycles. The normalized spacial score (nSPS) is 10.3. The molecule has 0 aliphatic carbocycles. The minimum absolute atomic E-state index is 0.233. The predicted octanol–water partition coefficient (Wildman–Crippen LogP) is 1.19. The third-order valence-electron chi connectivity index (χ3n) is 1.98. The molecule has 0 aromatic carbocycles. The molecule has 0 spiro atoms. The van der Waals surface area contributed by atoms with Crippen LogP contribution in [0.25, 0.3) is 0 Å². The zero-order valence-corrected chi connectivity index (χ0v) is 9.49. The molecule has 1 amide bonds. The fraction of sp³-hybridized carbons (Fsp3) is 0.222. The van der Waals surface area contributed by atoms with Gasteiger partial charge < -0.3 is 5.73 Å². The minimum Gasteiger partial charge on any atom is -0.396 e. The molecule has 0 saturated carbocycles. The molecule has 2 heterocycles. The van der Waals surface area contributed by atoms with E-state index >= 15 is 0 Å². The number of hydrogen-bond acceptors (Lipinski definition) is 5. The maximum absolute atomic E-state index is 11.8. The first-order chi connectivity index (χ1) is 7.70. The Morgan fingerprint density at radius 3 is 3.06 bits per heavy atom. The van der Waals surface area contributed by atoms with E-state index in [1.54, 1.807) is 22.5 Å². The zero-order chi connectivity index (χ0) is 11.5. The van der Waals surface area contributed by atoms with E-state index in [9.17, 15) is 4.79 Å². The number of carbonyl (C=O) groups is 1. The van der Waals surface area contributed by atoms with Gasteiger partial charge in [-0.2, -0.15) is 5.10 Å². The molecule has 0 radical (unpaired) electrons. The van der Waals surface area contributed by atoms with Crippen molar-refractivity contribution in [3.05, 3.63) is 23.5 Å². The summed E-state index contributed by atoms with van der Waals surface area (Å²) in [5.74, 6) is -0.334. The first kappa shape index (κ1) is 10.6. The van der Waals surface area contributed by atoms with Crippen LogP contribution in [0.5, 0.6) is 0 Å². The predicted molar refractivity (Wildman–Crippen MR) is 62.4 cm³/mol. The van der Waals surface area contributed by atoms with Crippen LogP contribution in [0.2, 0.25) is 0 Å². The molecule has 0 aliphatic heterocycles. The van der Waals surface area contributed by atoms with Gasteiger partial charge in [-0.05, 0) is 6.92 Å². The van der Waals surface area contributed by atoms with Crippen molar-refractivity contribution in [2.75, 3.05) is 11.1 Å². The summed E-state index contributed by atoms with van der Waals surface area (Å²) in [7, 11) is 0. The van der Waals surface area contributed by atoms with Gasteiger partial charge in [0, 0.05) is 24.3 Å². The summed E-state index contributed by atoms with van der Waals surface area (Å²) in [5, 5.41) is 9.01. The molecule has 0 saturated heterocycles. The fourth-order valence-electron chi connectivity index (χ4n) is 1.22. The summed E-state index contributed by atoms with van der Waals surface area (Å²) in [6, 6.07) is 0. The molecule has 7 heteroatoms. The molecule has 0 atom stereocenters. The van der Waals surface area contributed by atoms with Crippen molar-refractivity contribution >= 4 is 28.1 Å². The largest absolute Gasteiger partial charge is 0.396 e. The van der Waals surface area contributed by atoms with Crippen molar-refractivity contribution in [3.63, 3.8) is 0 Å². The number of nitrogens with one attached hydrogen (secondary N) is 1. The summed E-state index contributed by atoms with van der Waals surface area (Å²) in [6.45, 7) is 2.60. The number of nitrogens with two attached hydrogens (primary N) is 1. The highest BCUT2D eigenvalue weighted by Gasteiger charge is 2.15. The summed E-state index contributed by atoms with van der Waals surface area (Å²) < 4.78 is 1.62. The molecule has 0 unspecified atom stereocenters. The van der Waals surface area contributed by atoms with E-state index in [-0.39, 0.29) is 11.6 Å². The molecule has 0 bridgehead atoms. The number of aryl methyl sites for hydroxylation is 1. The molecule has 3 N–H and O–H groups in total. The van der Waals surface area contributed by atoms with Crippen molar-refractivity contribution in [1.29, 1.82) is 0 Å². The Bertz CT molecular complexity index is 490. The molecule has 2 aromatic rings. The second-order valence-electron chi connectivity index (χ2n) is 3.08. The van der Waals surface area contributed by atoms with Crippen LogP contribution >= 0.6 is 11.3 Å². The van der Waals surface area contributed by atoms with Crippen molar-refractivity contribution in [1.82, 2.24) is 14.8 Å². The van der Waals surface area contributed by atoms with E-state index in [0.717, 1.165) is 0 Å². The van der Waals surface area contributed by atoms with Crippen molar-refractivity contribution < 1.29 is 4.79 Å². The molecule has 0 fully saturated rings. The summed E-state index contributed by atoms with van der Waals surface area (Å²) in [6.07, 6.45) is 3.26. The monoisotopic (exact) mass is 237 g/mol. The van der Waals surface area contributed by atoms with E-state index in [4.69, 9.17) is 5.73 Å². The van der Waals surface area contributed by atoms with Crippen LogP contribution in [-0.4, -0.2) is 20.7 Å². The van der Waals surface area contributed by atoms with Crippen LogP contribution in [0.4, 0.5) is 10.8 Å². The van der Waals surface area contributed by atoms with Gasteiger partial charge in [0.05, 0.1) is 5.69 Å². The van der Waals surface area contributed by atoms with Crippen LogP contribution in [0.15, 0.2) is 17.8 Å². The van der Waals surface area contributed by atoms with Crippen molar-refractivity contribution in [3.8, 4) is 0 Å². The molecular weight excluding hydrogens is 226 g/mol. The lowest BCUT2D eigenvalue weighted by atomic mass is 10.3. The molecular formula is C9H11N5OS. The Labute approximate surface area is 96.1 Å². The van der Waals surface area contributed by atoms with E-state index in [2.05, 4.69) is 15.4 Å². The Hall–Kier alpha value is -1.89. The number of amides is 1. The SMILES string of the molecule is CCn1cc(N)c(C(=O)Nc2nccs2)n1. The number of hydrogen-bond donors (Lipinski definition) is 2. The molecule has 16 heavy (non-hydrogen) atoms. The van der Waals surface area contributed by atoms with Crippen LogP contribution in [0.1, 0.15) is 17.4 Å². The summed E-state index contributed by atoms with van der Waals surface area (Å²) in [4.78, 5) is 15.7. The highest BCUT2D eigenvalue weighted by atomic mass is 32.1. The number of nitrogen functional groups attached to an aromatic ring is 1. The van der Waals surface area contributed by atoms with Gasteiger partial charge in [0.1, 0.15) is 0 Å². The maximum Gasteiger partial charge on any atom is 0.280 e. The Kier molecular flexibility index (Phi) is 2.86. The lowest BCUT2D eigenvalue weighted by Gasteiger charge is -1.98. The van der Waals surface area contributed by atoms with Crippen LogP contribution in [0.3, 0.4) is 0 Å². The quantitative estimate of drug-likeness (QED) is 0.839. The van der Waals surface area contributed by atoms with E-state index in [1.807, 2.05) is 6.92 Å². The fourth-order valence-corrected chi connectivity index (χ4v) is 1.74. The Morgan fingerprint density at radius 2 is 2.50 bits per heavy atom. The maximum atomic E-state index is 11.8. The highest BCUT2D eigenvalue weighted by Crippen LogP contribution is 2.14. The lowest BCUT2D eigenvalue weighted by molar-refractivity contribution is 0.102. The van der Waals surface area contributed by atoms with Gasteiger partial charge in [-0.3, -0.25) is 14.8 Å². The van der Waals surface area contributed by atoms with Crippen LogP contribution in [0, 0.1) is 0 Å². The van der Waals surface area contributed by atoms with Crippen molar-refractivity contribution in [2.24, 2.45) is 0 Å². The lowest BCUT2D eigenvalue weighted by Crippen LogP contribution is -2.14. The first-order valence-corrected chi connectivity index (χ1v) is 5.62. The molecule has 6 nitrogen and oxygen atoms in total. The number of nitrogens with zero attached hydrogens (tertiary/aromatic N) is 3. The third-order valence-corrected chi connectivity index (χ3v) is 2.67. The third kappa shape index (κ3) is 2.03. The van der Waals surface area contributed by atoms with E-state index in [1.165, 1.54) is 11.3 Å². The van der Waals surface area contributed by atoms with Crippen LogP contribution < -0.4 is 11.1 Å². The van der Waals surface area contributed by atoms with E-state index < -0.39 is 0 Å². The average Bonchev–Trinajstić information content (AvgIpc) is 2.87. The Morgan fingerprint density at radius 1 is 1.69 bits per heavy atom. The van der Waals surface area contributed by atoms with Crippen molar-refractivity contribution in [2.45, 2.75) is 13.5 Å². The zero-order valence-electron chi connectivity index (χ0n) is 8.67. The first-order valence-electron chi connectivity index (χ1n) is 4.74. The summed E-state index contributed by atoms with van der Waals surface area (Å²) in [5.41, 5.74) is 6.29. The molecule has 84 valence electrons. The standard InChI is InChI=1S/C9H11N5OS/c1-2-14-5-6(10)7(13-14)8(15)12-9-11-3-4-16-9/h3-5H,2,10H2,1H3,(H,11,12,15). The van der Waals surface area contributed by atoms with Gasteiger partial charge in [-0.1, -0.05) is 0 Å². The van der Waals surface area contributed by atoms with Gasteiger partial charge in [0.15, 0.2) is 10.8 Å². The number of aromatic nitrogens is 3. The van der Waals surface area contributed by atoms with E-state index in [0.29, 0.717) is 17.4 Å². The van der Waals surface area contributed by atoms with Gasteiger partial charge in [0.25, 0.3) is 5.91 Å². The second-order valence-corrected chi connectivity index (χ2v) is 3.97. The number of anilines is 2. The van der Waals surface area contributed by atoms with Gasteiger partial charge in [-0.15, -0.1) is 11.3 Å². The summed E-state index contributed by atoms with van der Waals surface area (Å²) >= 11 is 1.35. The van der Waals surface area contributed by atoms with Gasteiger partial charge in [0.2, 0.25) is 0 Å². The second kappa shape index (κ2) is 4.31.